The van der Waals surface area contributed by atoms with E-state index >= 15 is 0 Å². The average Bonchev–Trinajstić information content (AvgIpc) is 3.31. The molecule has 0 unspecified atom stereocenters. The molecule has 4 nitrogen and oxygen atoms in total. The van der Waals surface area contributed by atoms with Gasteiger partial charge in [0.05, 0.1) is 0 Å². The molecule has 0 radical (unpaired) electrons. The van der Waals surface area contributed by atoms with Crippen LogP contribution in [0.3, 0.4) is 0 Å². The molecule has 7 heteroatoms. The molecule has 0 N–H and O–H groups in total. The van der Waals surface area contributed by atoms with E-state index in [2.05, 4.69) is 20.9 Å². The number of aromatic nitrogens is 1. The van der Waals surface area contributed by atoms with Crippen LogP contribution in [-0.2, 0) is 16.6 Å². The highest BCUT2D eigenvalue weighted by Crippen LogP contribution is 2.34. The number of rotatable bonds is 5. The van der Waals surface area contributed by atoms with Crippen molar-refractivity contribution >= 4 is 26.0 Å². The summed E-state index contributed by atoms with van der Waals surface area (Å²) >= 11 is 3.29. The standard InChI is InChI=1S/C15H14BrFN2O2S/c16-15-8-12(17)4-3-11(15)10-19(13-5-6-13)22(20,21)14-2-1-7-18-9-14/h1-4,7-9,13H,5-6,10H2. The number of hydrogen-bond donors (Lipinski definition) is 0. The van der Waals surface area contributed by atoms with E-state index < -0.39 is 10.0 Å². The lowest BCUT2D eigenvalue weighted by atomic mass is 10.2. The van der Waals surface area contributed by atoms with E-state index in [0.717, 1.165) is 18.4 Å². The van der Waals surface area contributed by atoms with E-state index in [1.54, 1.807) is 12.1 Å². The maximum absolute atomic E-state index is 13.2. The molecule has 0 amide bonds. The van der Waals surface area contributed by atoms with Gasteiger partial charge in [-0.15, -0.1) is 0 Å². The lowest BCUT2D eigenvalue weighted by molar-refractivity contribution is 0.397. The Hall–Kier alpha value is -1.31. The van der Waals surface area contributed by atoms with E-state index in [1.165, 1.54) is 34.9 Å². The molecule has 1 aliphatic rings. The molecule has 116 valence electrons. The number of benzene rings is 1. The second-order valence-electron chi connectivity index (χ2n) is 5.21. The molecular formula is C15H14BrFN2O2S. The Morgan fingerprint density at radius 3 is 2.68 bits per heavy atom. The molecule has 2 aromatic rings. The summed E-state index contributed by atoms with van der Waals surface area (Å²) in [5.74, 6) is -0.358. The van der Waals surface area contributed by atoms with Gasteiger partial charge in [0.2, 0.25) is 10.0 Å². The van der Waals surface area contributed by atoms with Gasteiger partial charge in [0.25, 0.3) is 0 Å². The zero-order valence-electron chi connectivity index (χ0n) is 11.6. The Bertz CT molecular complexity index is 779. The Balaban J connectivity index is 1.94. The van der Waals surface area contributed by atoms with Gasteiger partial charge in [0, 0.05) is 29.5 Å². The van der Waals surface area contributed by atoms with Gasteiger partial charge in [-0.1, -0.05) is 22.0 Å². The van der Waals surface area contributed by atoms with E-state index in [0.29, 0.717) is 4.47 Å². The molecule has 1 aromatic heterocycles. The predicted molar refractivity (Wildman–Crippen MR) is 84.1 cm³/mol. The minimum atomic E-state index is -3.61. The van der Waals surface area contributed by atoms with Crippen LogP contribution in [-0.4, -0.2) is 23.7 Å². The summed E-state index contributed by atoms with van der Waals surface area (Å²) < 4.78 is 40.8. The van der Waals surface area contributed by atoms with Gasteiger partial charge >= 0.3 is 0 Å². The quantitative estimate of drug-likeness (QED) is 0.794. The van der Waals surface area contributed by atoms with Crippen LogP contribution < -0.4 is 0 Å². The summed E-state index contributed by atoms with van der Waals surface area (Å²) in [7, 11) is -3.61. The van der Waals surface area contributed by atoms with Crippen molar-refractivity contribution in [2.45, 2.75) is 30.3 Å². The second-order valence-corrected chi connectivity index (χ2v) is 7.95. The first-order valence-electron chi connectivity index (χ1n) is 6.84. The van der Waals surface area contributed by atoms with E-state index in [-0.39, 0.29) is 23.3 Å². The molecule has 1 aliphatic carbocycles. The van der Waals surface area contributed by atoms with E-state index in [9.17, 15) is 12.8 Å². The van der Waals surface area contributed by atoms with Crippen LogP contribution in [0.15, 0.2) is 52.1 Å². The minimum Gasteiger partial charge on any atom is -0.263 e. The number of nitrogens with zero attached hydrogens (tertiary/aromatic N) is 2. The molecular weight excluding hydrogens is 371 g/mol. The van der Waals surface area contributed by atoms with Crippen LogP contribution in [0.1, 0.15) is 18.4 Å². The van der Waals surface area contributed by atoms with Crippen molar-refractivity contribution in [3.05, 3.63) is 58.6 Å². The molecule has 1 saturated carbocycles. The third-order valence-electron chi connectivity index (χ3n) is 3.54. The van der Waals surface area contributed by atoms with E-state index in [1.807, 2.05) is 0 Å². The van der Waals surface area contributed by atoms with Gasteiger partial charge < -0.3 is 0 Å². The van der Waals surface area contributed by atoms with Crippen molar-refractivity contribution in [3.8, 4) is 0 Å². The Kier molecular flexibility index (Phi) is 4.29. The summed E-state index contributed by atoms with van der Waals surface area (Å²) in [6, 6.07) is 7.43. The van der Waals surface area contributed by atoms with Gasteiger partial charge in [-0.25, -0.2) is 12.8 Å². The van der Waals surface area contributed by atoms with Crippen LogP contribution in [0, 0.1) is 5.82 Å². The molecule has 0 bridgehead atoms. The van der Waals surface area contributed by atoms with Crippen LogP contribution in [0.4, 0.5) is 4.39 Å². The zero-order valence-corrected chi connectivity index (χ0v) is 14.0. The third-order valence-corrected chi connectivity index (χ3v) is 6.16. The molecule has 0 saturated heterocycles. The van der Waals surface area contributed by atoms with Crippen molar-refractivity contribution < 1.29 is 12.8 Å². The van der Waals surface area contributed by atoms with Gasteiger partial charge in [0.1, 0.15) is 10.7 Å². The topological polar surface area (TPSA) is 50.3 Å². The molecule has 0 atom stereocenters. The maximum Gasteiger partial charge on any atom is 0.245 e. The Morgan fingerprint density at radius 2 is 2.09 bits per heavy atom. The predicted octanol–water partition coefficient (Wildman–Crippen LogP) is 3.34. The van der Waals surface area contributed by atoms with Crippen molar-refractivity contribution in [1.29, 1.82) is 0 Å². The maximum atomic E-state index is 13.2. The fourth-order valence-electron chi connectivity index (χ4n) is 2.23. The first-order chi connectivity index (χ1) is 10.5. The minimum absolute atomic E-state index is 0.00200. The van der Waals surface area contributed by atoms with Gasteiger partial charge in [0.15, 0.2) is 0 Å². The molecule has 3 rings (SSSR count). The summed E-state index contributed by atoms with van der Waals surface area (Å²) in [6.07, 6.45) is 4.58. The normalized spacial score (nSPS) is 15.2. The lowest BCUT2D eigenvalue weighted by Crippen LogP contribution is -2.32. The Labute approximate surface area is 137 Å². The van der Waals surface area contributed by atoms with Crippen molar-refractivity contribution in [1.82, 2.24) is 9.29 Å². The van der Waals surface area contributed by atoms with Crippen LogP contribution >= 0.6 is 15.9 Å². The largest absolute Gasteiger partial charge is 0.263 e. The highest BCUT2D eigenvalue weighted by molar-refractivity contribution is 9.10. The van der Waals surface area contributed by atoms with E-state index in [4.69, 9.17) is 0 Å². The van der Waals surface area contributed by atoms with Crippen molar-refractivity contribution in [2.75, 3.05) is 0 Å². The molecule has 1 heterocycles. The molecule has 0 aliphatic heterocycles. The SMILES string of the molecule is O=S(=O)(c1cccnc1)N(Cc1ccc(F)cc1Br)C1CC1. The van der Waals surface area contributed by atoms with Crippen LogP contribution in [0.2, 0.25) is 0 Å². The number of halogens is 2. The highest BCUT2D eigenvalue weighted by atomic mass is 79.9. The number of hydrogen-bond acceptors (Lipinski definition) is 3. The smallest absolute Gasteiger partial charge is 0.245 e. The van der Waals surface area contributed by atoms with Crippen LogP contribution in [0.25, 0.3) is 0 Å². The summed E-state index contributed by atoms with van der Waals surface area (Å²) in [6.45, 7) is 0.211. The fourth-order valence-corrected chi connectivity index (χ4v) is 4.33. The monoisotopic (exact) mass is 384 g/mol. The molecule has 1 fully saturated rings. The highest BCUT2D eigenvalue weighted by Gasteiger charge is 2.38. The zero-order chi connectivity index (χ0) is 15.7. The second kappa shape index (κ2) is 6.06. The molecule has 22 heavy (non-hydrogen) atoms. The summed E-state index contributed by atoms with van der Waals surface area (Å²) in [5, 5.41) is 0. The van der Waals surface area contributed by atoms with Crippen molar-refractivity contribution in [3.63, 3.8) is 0 Å². The Morgan fingerprint density at radius 1 is 1.32 bits per heavy atom. The van der Waals surface area contributed by atoms with Crippen LogP contribution in [0.5, 0.6) is 0 Å². The van der Waals surface area contributed by atoms with Gasteiger partial charge in [-0.2, -0.15) is 4.31 Å². The average molecular weight is 385 g/mol. The fraction of sp³-hybridized carbons (Fsp3) is 0.267. The van der Waals surface area contributed by atoms with Gasteiger partial charge in [-0.3, -0.25) is 4.98 Å². The third kappa shape index (κ3) is 3.21. The summed E-state index contributed by atoms with van der Waals surface area (Å²) in [4.78, 5) is 4.07. The number of pyridine rings is 1. The molecule has 0 spiro atoms. The first-order valence-corrected chi connectivity index (χ1v) is 9.07. The number of sulfonamides is 1. The summed E-state index contributed by atoms with van der Waals surface area (Å²) in [5.41, 5.74) is 0.737. The van der Waals surface area contributed by atoms with Crippen molar-refractivity contribution in [2.24, 2.45) is 0 Å². The first kappa shape index (κ1) is 15.6. The van der Waals surface area contributed by atoms with Gasteiger partial charge in [-0.05, 0) is 42.7 Å². The lowest BCUT2D eigenvalue weighted by Gasteiger charge is -2.22. The molecule has 1 aromatic carbocycles.